The van der Waals surface area contributed by atoms with E-state index in [1.54, 1.807) is 24.4 Å². The van der Waals surface area contributed by atoms with Crippen LogP contribution in [0, 0.1) is 5.82 Å². The number of halogens is 1. The second-order valence-electron chi connectivity index (χ2n) is 5.90. The SMILES string of the molecule is O=C(Cc1cccc(F)c1)NCc1ccnc([C@@H]2CCCOC2)n1. The van der Waals surface area contributed by atoms with Crippen molar-refractivity contribution in [2.45, 2.75) is 31.7 Å². The molecular weight excluding hydrogens is 309 g/mol. The first-order valence-electron chi connectivity index (χ1n) is 8.11. The first-order valence-corrected chi connectivity index (χ1v) is 8.11. The molecule has 0 radical (unpaired) electrons. The van der Waals surface area contributed by atoms with Gasteiger partial charge in [-0.25, -0.2) is 14.4 Å². The van der Waals surface area contributed by atoms with Gasteiger partial charge in [-0.2, -0.15) is 0 Å². The van der Waals surface area contributed by atoms with Crippen LogP contribution < -0.4 is 5.32 Å². The fourth-order valence-electron chi connectivity index (χ4n) is 2.74. The summed E-state index contributed by atoms with van der Waals surface area (Å²) in [5, 5.41) is 2.81. The summed E-state index contributed by atoms with van der Waals surface area (Å²) in [4.78, 5) is 20.8. The third-order valence-corrected chi connectivity index (χ3v) is 3.98. The van der Waals surface area contributed by atoms with Gasteiger partial charge in [0.15, 0.2) is 0 Å². The van der Waals surface area contributed by atoms with Gasteiger partial charge in [0.05, 0.1) is 25.3 Å². The Hall–Kier alpha value is -2.34. The van der Waals surface area contributed by atoms with Crippen LogP contribution in [0.25, 0.3) is 0 Å². The summed E-state index contributed by atoms with van der Waals surface area (Å²) in [7, 11) is 0. The minimum absolute atomic E-state index is 0.145. The lowest BCUT2D eigenvalue weighted by Gasteiger charge is -2.20. The molecular formula is C18H20FN3O2. The maximum Gasteiger partial charge on any atom is 0.224 e. The standard InChI is InChI=1S/C18H20FN3O2/c19-15-5-1-3-13(9-15)10-17(23)21-11-16-6-7-20-18(22-16)14-4-2-8-24-12-14/h1,3,5-7,9,14H,2,4,8,10-12H2,(H,21,23)/t14-/m1/s1. The topological polar surface area (TPSA) is 64.1 Å². The third-order valence-electron chi connectivity index (χ3n) is 3.98. The predicted molar refractivity (Wildman–Crippen MR) is 86.8 cm³/mol. The fraction of sp³-hybridized carbons (Fsp3) is 0.389. The van der Waals surface area contributed by atoms with Crippen LogP contribution in [-0.4, -0.2) is 29.1 Å². The van der Waals surface area contributed by atoms with E-state index in [9.17, 15) is 9.18 Å². The number of nitrogens with zero attached hydrogens (tertiary/aromatic N) is 2. The monoisotopic (exact) mass is 329 g/mol. The molecule has 24 heavy (non-hydrogen) atoms. The normalized spacial score (nSPS) is 17.5. The van der Waals surface area contributed by atoms with E-state index in [1.807, 2.05) is 0 Å². The van der Waals surface area contributed by atoms with Crippen LogP contribution in [0.1, 0.15) is 35.8 Å². The van der Waals surface area contributed by atoms with E-state index in [-0.39, 0.29) is 24.1 Å². The zero-order valence-electron chi connectivity index (χ0n) is 13.4. The molecule has 1 saturated heterocycles. The zero-order valence-corrected chi connectivity index (χ0v) is 13.4. The third kappa shape index (κ3) is 4.58. The van der Waals surface area contributed by atoms with Crippen molar-refractivity contribution in [2.24, 2.45) is 0 Å². The smallest absolute Gasteiger partial charge is 0.224 e. The van der Waals surface area contributed by atoms with Crippen molar-refractivity contribution in [2.75, 3.05) is 13.2 Å². The molecule has 0 saturated carbocycles. The Labute approximate surface area is 140 Å². The molecule has 1 fully saturated rings. The van der Waals surface area contributed by atoms with Crippen molar-refractivity contribution in [3.63, 3.8) is 0 Å². The molecule has 0 aliphatic carbocycles. The minimum atomic E-state index is -0.338. The number of aromatic nitrogens is 2. The number of hydrogen-bond acceptors (Lipinski definition) is 4. The van der Waals surface area contributed by atoms with Gasteiger partial charge in [0.25, 0.3) is 0 Å². The molecule has 5 nitrogen and oxygen atoms in total. The summed E-state index contributed by atoms with van der Waals surface area (Å²) in [5.41, 5.74) is 1.41. The van der Waals surface area contributed by atoms with Gasteiger partial charge >= 0.3 is 0 Å². The summed E-state index contributed by atoms with van der Waals surface area (Å²) in [6.07, 6.45) is 3.90. The lowest BCUT2D eigenvalue weighted by Crippen LogP contribution is -2.25. The van der Waals surface area contributed by atoms with Crippen LogP contribution in [-0.2, 0) is 22.5 Å². The average Bonchev–Trinajstić information content (AvgIpc) is 2.61. The number of ether oxygens (including phenoxy) is 1. The number of amides is 1. The second kappa shape index (κ2) is 7.97. The van der Waals surface area contributed by atoms with Crippen molar-refractivity contribution in [3.05, 3.63) is 59.4 Å². The highest BCUT2D eigenvalue weighted by Crippen LogP contribution is 2.22. The largest absolute Gasteiger partial charge is 0.381 e. The summed E-state index contributed by atoms with van der Waals surface area (Å²) < 4.78 is 18.6. The Morgan fingerprint density at radius 2 is 2.29 bits per heavy atom. The Kier molecular flexibility index (Phi) is 5.48. The van der Waals surface area contributed by atoms with Gasteiger partial charge in [-0.1, -0.05) is 12.1 Å². The minimum Gasteiger partial charge on any atom is -0.381 e. The van der Waals surface area contributed by atoms with E-state index in [4.69, 9.17) is 4.74 Å². The lowest BCUT2D eigenvalue weighted by molar-refractivity contribution is -0.120. The van der Waals surface area contributed by atoms with E-state index < -0.39 is 0 Å². The first kappa shape index (κ1) is 16.5. The summed E-state index contributed by atoms with van der Waals surface area (Å²) in [6.45, 7) is 1.78. The molecule has 126 valence electrons. The maximum absolute atomic E-state index is 13.1. The van der Waals surface area contributed by atoms with Gasteiger partial charge in [0.1, 0.15) is 11.6 Å². The Morgan fingerprint density at radius 3 is 3.08 bits per heavy atom. The highest BCUT2D eigenvalue weighted by atomic mass is 19.1. The van der Waals surface area contributed by atoms with Crippen molar-refractivity contribution < 1.29 is 13.9 Å². The van der Waals surface area contributed by atoms with Gasteiger partial charge < -0.3 is 10.1 Å². The van der Waals surface area contributed by atoms with E-state index in [0.717, 1.165) is 31.0 Å². The zero-order chi connectivity index (χ0) is 16.8. The van der Waals surface area contributed by atoms with Gasteiger partial charge in [0.2, 0.25) is 5.91 Å². The molecule has 2 aromatic rings. The molecule has 3 rings (SSSR count). The van der Waals surface area contributed by atoms with Crippen LogP contribution in [0.5, 0.6) is 0 Å². The highest BCUT2D eigenvalue weighted by Gasteiger charge is 2.18. The molecule has 1 atom stereocenters. The van der Waals surface area contributed by atoms with Gasteiger partial charge in [-0.05, 0) is 36.6 Å². The van der Waals surface area contributed by atoms with Crippen LogP contribution in [0.15, 0.2) is 36.5 Å². The molecule has 1 aromatic carbocycles. The Bertz CT molecular complexity index is 702. The molecule has 6 heteroatoms. The summed E-state index contributed by atoms with van der Waals surface area (Å²) in [5.74, 6) is 0.491. The van der Waals surface area contributed by atoms with E-state index in [2.05, 4.69) is 15.3 Å². The van der Waals surface area contributed by atoms with Crippen molar-refractivity contribution in [1.82, 2.24) is 15.3 Å². The highest BCUT2D eigenvalue weighted by molar-refractivity contribution is 5.78. The van der Waals surface area contributed by atoms with E-state index in [1.165, 1.54) is 12.1 Å². The van der Waals surface area contributed by atoms with Crippen LogP contribution >= 0.6 is 0 Å². The molecule has 1 aliphatic rings. The molecule has 1 N–H and O–H groups in total. The number of rotatable bonds is 5. The van der Waals surface area contributed by atoms with Gasteiger partial charge in [0, 0.05) is 18.7 Å². The molecule has 0 bridgehead atoms. The number of hydrogen-bond donors (Lipinski definition) is 1. The molecule has 1 aromatic heterocycles. The summed E-state index contributed by atoms with van der Waals surface area (Å²) >= 11 is 0. The average molecular weight is 329 g/mol. The molecule has 1 aliphatic heterocycles. The lowest BCUT2D eigenvalue weighted by atomic mass is 10.0. The predicted octanol–water partition coefficient (Wildman–Crippen LogP) is 2.37. The molecule has 2 heterocycles. The molecule has 0 spiro atoms. The van der Waals surface area contributed by atoms with E-state index >= 15 is 0 Å². The number of nitrogens with one attached hydrogen (secondary N) is 1. The van der Waals surface area contributed by atoms with Crippen molar-refractivity contribution in [3.8, 4) is 0 Å². The number of benzene rings is 1. The van der Waals surface area contributed by atoms with Crippen molar-refractivity contribution in [1.29, 1.82) is 0 Å². The summed E-state index contributed by atoms with van der Waals surface area (Å²) in [6, 6.07) is 7.84. The number of carbonyl (C=O) groups excluding carboxylic acids is 1. The van der Waals surface area contributed by atoms with Crippen molar-refractivity contribution >= 4 is 5.91 Å². The first-order chi connectivity index (χ1) is 11.7. The Morgan fingerprint density at radius 1 is 1.38 bits per heavy atom. The molecule has 0 unspecified atom stereocenters. The molecule has 1 amide bonds. The van der Waals surface area contributed by atoms with Crippen LogP contribution in [0.3, 0.4) is 0 Å². The Balaban J connectivity index is 1.55. The van der Waals surface area contributed by atoms with Gasteiger partial charge in [-0.3, -0.25) is 4.79 Å². The number of carbonyl (C=O) groups is 1. The quantitative estimate of drug-likeness (QED) is 0.915. The van der Waals surface area contributed by atoms with Gasteiger partial charge in [-0.15, -0.1) is 0 Å². The second-order valence-corrected chi connectivity index (χ2v) is 5.90. The fourth-order valence-corrected chi connectivity index (χ4v) is 2.74. The van der Waals surface area contributed by atoms with E-state index in [0.29, 0.717) is 18.7 Å². The van der Waals surface area contributed by atoms with Crippen LogP contribution in [0.2, 0.25) is 0 Å². The van der Waals surface area contributed by atoms with Crippen LogP contribution in [0.4, 0.5) is 4.39 Å². The maximum atomic E-state index is 13.1.